The first-order valence-corrected chi connectivity index (χ1v) is 6.36. The quantitative estimate of drug-likeness (QED) is 0.754. The second kappa shape index (κ2) is 5.29. The molecule has 1 heteroatoms. The van der Waals surface area contributed by atoms with Gasteiger partial charge in [-0.2, -0.15) is 0 Å². The molecule has 0 radical (unpaired) electrons. The van der Waals surface area contributed by atoms with Crippen LogP contribution in [0.25, 0.3) is 0 Å². The molecule has 16 heavy (non-hydrogen) atoms. The molecule has 0 aromatic heterocycles. The van der Waals surface area contributed by atoms with Gasteiger partial charge >= 0.3 is 0 Å². The highest BCUT2D eigenvalue weighted by atomic mass is 16.1. The molecule has 1 saturated carbocycles. The summed E-state index contributed by atoms with van der Waals surface area (Å²) < 4.78 is 0. The fourth-order valence-corrected chi connectivity index (χ4v) is 2.67. The minimum atomic E-state index is 0.279. The summed E-state index contributed by atoms with van der Waals surface area (Å²) in [6.45, 7) is 2.24. The lowest BCUT2D eigenvalue weighted by atomic mass is 9.77. The molecule has 1 aromatic carbocycles. The highest BCUT2D eigenvalue weighted by Gasteiger charge is 2.27. The molecule has 2 atom stereocenters. The monoisotopic (exact) mass is 216 g/mol. The SMILES string of the molecule is CCC1CCC(=O)C(Cc2ccccc2)C1. The maximum Gasteiger partial charge on any atom is 0.136 e. The smallest absolute Gasteiger partial charge is 0.136 e. The molecule has 0 saturated heterocycles. The molecule has 1 aromatic rings. The van der Waals surface area contributed by atoms with Crippen LogP contribution in [-0.4, -0.2) is 5.78 Å². The van der Waals surface area contributed by atoms with E-state index in [9.17, 15) is 4.79 Å². The first kappa shape index (κ1) is 11.4. The van der Waals surface area contributed by atoms with E-state index < -0.39 is 0 Å². The summed E-state index contributed by atoms with van der Waals surface area (Å²) in [5.41, 5.74) is 1.30. The highest BCUT2D eigenvalue weighted by Crippen LogP contribution is 2.30. The molecule has 1 fully saturated rings. The third-order valence-electron chi connectivity index (χ3n) is 3.77. The van der Waals surface area contributed by atoms with Gasteiger partial charge in [0.05, 0.1) is 0 Å². The second-order valence-electron chi connectivity index (χ2n) is 4.90. The van der Waals surface area contributed by atoms with Gasteiger partial charge in [0.2, 0.25) is 0 Å². The molecule has 2 rings (SSSR count). The fraction of sp³-hybridized carbons (Fsp3) is 0.533. The van der Waals surface area contributed by atoms with Crippen molar-refractivity contribution in [1.29, 1.82) is 0 Å². The number of carbonyl (C=O) groups excluding carboxylic acids is 1. The first-order chi connectivity index (χ1) is 7.79. The summed E-state index contributed by atoms with van der Waals surface area (Å²) in [7, 11) is 0. The molecule has 2 unspecified atom stereocenters. The summed E-state index contributed by atoms with van der Waals surface area (Å²) in [5, 5.41) is 0. The summed E-state index contributed by atoms with van der Waals surface area (Å²) in [4.78, 5) is 11.9. The second-order valence-corrected chi connectivity index (χ2v) is 4.90. The average molecular weight is 216 g/mol. The number of ketones is 1. The van der Waals surface area contributed by atoms with Crippen LogP contribution in [0.3, 0.4) is 0 Å². The summed E-state index contributed by atoms with van der Waals surface area (Å²) in [6, 6.07) is 10.4. The van der Waals surface area contributed by atoms with E-state index in [4.69, 9.17) is 0 Å². The van der Waals surface area contributed by atoms with Gasteiger partial charge in [-0.25, -0.2) is 0 Å². The van der Waals surface area contributed by atoms with E-state index in [0.717, 1.165) is 31.6 Å². The van der Waals surface area contributed by atoms with Crippen LogP contribution in [0.15, 0.2) is 30.3 Å². The maximum atomic E-state index is 11.9. The Hall–Kier alpha value is -1.11. The van der Waals surface area contributed by atoms with Gasteiger partial charge < -0.3 is 0 Å². The van der Waals surface area contributed by atoms with Crippen molar-refractivity contribution in [1.82, 2.24) is 0 Å². The van der Waals surface area contributed by atoms with E-state index in [2.05, 4.69) is 31.2 Å². The molecule has 0 amide bonds. The number of carbonyl (C=O) groups is 1. The molecule has 86 valence electrons. The van der Waals surface area contributed by atoms with Gasteiger partial charge in [-0.1, -0.05) is 43.7 Å². The van der Waals surface area contributed by atoms with Crippen LogP contribution >= 0.6 is 0 Å². The van der Waals surface area contributed by atoms with Gasteiger partial charge in [-0.05, 0) is 30.7 Å². The lowest BCUT2D eigenvalue weighted by Gasteiger charge is -2.27. The van der Waals surface area contributed by atoms with Crippen LogP contribution in [-0.2, 0) is 11.2 Å². The minimum Gasteiger partial charge on any atom is -0.299 e. The third-order valence-corrected chi connectivity index (χ3v) is 3.77. The number of benzene rings is 1. The zero-order valence-corrected chi connectivity index (χ0v) is 9.99. The van der Waals surface area contributed by atoms with Crippen molar-refractivity contribution in [2.24, 2.45) is 11.8 Å². The average Bonchev–Trinajstić information content (AvgIpc) is 2.33. The van der Waals surface area contributed by atoms with Gasteiger partial charge in [-0.15, -0.1) is 0 Å². The van der Waals surface area contributed by atoms with Gasteiger partial charge in [0, 0.05) is 12.3 Å². The Kier molecular flexibility index (Phi) is 3.76. The number of rotatable bonds is 3. The van der Waals surface area contributed by atoms with Crippen LogP contribution in [0.1, 0.15) is 38.2 Å². The largest absolute Gasteiger partial charge is 0.299 e. The predicted molar refractivity (Wildman–Crippen MR) is 66.3 cm³/mol. The molecular weight excluding hydrogens is 196 g/mol. The Balaban J connectivity index is 2.00. The highest BCUT2D eigenvalue weighted by molar-refractivity contribution is 5.82. The van der Waals surface area contributed by atoms with Crippen molar-refractivity contribution in [3.63, 3.8) is 0 Å². The number of Topliss-reactive ketones (excluding diaryl/α,β-unsaturated/α-hetero) is 1. The van der Waals surface area contributed by atoms with Crippen molar-refractivity contribution in [2.75, 3.05) is 0 Å². The van der Waals surface area contributed by atoms with Crippen molar-refractivity contribution >= 4 is 5.78 Å². The molecule has 0 spiro atoms. The Morgan fingerprint density at radius 1 is 1.25 bits per heavy atom. The fourth-order valence-electron chi connectivity index (χ4n) is 2.67. The molecule has 1 nitrogen and oxygen atoms in total. The molecule has 0 bridgehead atoms. The van der Waals surface area contributed by atoms with Crippen molar-refractivity contribution in [3.8, 4) is 0 Å². The molecular formula is C15H20O. The summed E-state index contributed by atoms with van der Waals surface area (Å²) in [5.74, 6) is 1.53. The van der Waals surface area contributed by atoms with Gasteiger partial charge in [0.25, 0.3) is 0 Å². The van der Waals surface area contributed by atoms with E-state index in [1.165, 1.54) is 12.0 Å². The summed E-state index contributed by atoms with van der Waals surface area (Å²) >= 11 is 0. The van der Waals surface area contributed by atoms with Gasteiger partial charge in [0.15, 0.2) is 0 Å². The lowest BCUT2D eigenvalue weighted by molar-refractivity contribution is -0.125. The maximum absolute atomic E-state index is 11.9. The predicted octanol–water partition coefficient (Wildman–Crippen LogP) is 3.62. The molecule has 1 aliphatic carbocycles. The Bertz CT molecular complexity index is 342. The van der Waals surface area contributed by atoms with E-state index in [1.54, 1.807) is 0 Å². The van der Waals surface area contributed by atoms with Crippen LogP contribution in [0.5, 0.6) is 0 Å². The Morgan fingerprint density at radius 3 is 2.69 bits per heavy atom. The first-order valence-electron chi connectivity index (χ1n) is 6.36. The normalized spacial score (nSPS) is 25.7. The van der Waals surface area contributed by atoms with E-state index in [0.29, 0.717) is 5.78 Å². The Morgan fingerprint density at radius 2 is 2.00 bits per heavy atom. The van der Waals surface area contributed by atoms with Crippen molar-refractivity contribution < 1.29 is 4.79 Å². The van der Waals surface area contributed by atoms with Crippen LogP contribution < -0.4 is 0 Å². The van der Waals surface area contributed by atoms with Gasteiger partial charge in [0.1, 0.15) is 5.78 Å². The van der Waals surface area contributed by atoms with E-state index in [1.807, 2.05) is 6.07 Å². The Labute approximate surface area is 97.9 Å². The zero-order valence-electron chi connectivity index (χ0n) is 9.99. The van der Waals surface area contributed by atoms with Crippen LogP contribution in [0, 0.1) is 11.8 Å². The third kappa shape index (κ3) is 2.72. The number of hydrogen-bond donors (Lipinski definition) is 0. The van der Waals surface area contributed by atoms with E-state index >= 15 is 0 Å². The zero-order chi connectivity index (χ0) is 11.4. The molecule has 0 aliphatic heterocycles. The van der Waals surface area contributed by atoms with Crippen molar-refractivity contribution in [2.45, 2.75) is 39.0 Å². The van der Waals surface area contributed by atoms with E-state index in [-0.39, 0.29) is 5.92 Å². The molecule has 0 heterocycles. The number of hydrogen-bond acceptors (Lipinski definition) is 1. The van der Waals surface area contributed by atoms with Gasteiger partial charge in [-0.3, -0.25) is 4.79 Å². The van der Waals surface area contributed by atoms with Crippen LogP contribution in [0.2, 0.25) is 0 Å². The standard InChI is InChI=1S/C15H20O/c1-2-12-8-9-15(16)14(10-12)11-13-6-4-3-5-7-13/h3-7,12,14H,2,8-11H2,1H3. The lowest BCUT2D eigenvalue weighted by Crippen LogP contribution is -2.26. The summed E-state index contributed by atoms with van der Waals surface area (Å²) in [6.07, 6.45) is 5.18. The van der Waals surface area contributed by atoms with Crippen LogP contribution in [0.4, 0.5) is 0 Å². The molecule has 0 N–H and O–H groups in total. The topological polar surface area (TPSA) is 17.1 Å². The van der Waals surface area contributed by atoms with Crippen molar-refractivity contribution in [3.05, 3.63) is 35.9 Å². The minimum absolute atomic E-state index is 0.279. The molecule has 1 aliphatic rings.